The number of aromatic nitrogens is 1. The van der Waals surface area contributed by atoms with Crippen molar-refractivity contribution in [2.24, 2.45) is 0 Å². The van der Waals surface area contributed by atoms with Gasteiger partial charge in [-0.15, -0.1) is 0 Å². The molecule has 2 heterocycles. The fraction of sp³-hybridized carbons (Fsp3) is 0.333. The molecule has 0 N–H and O–H groups in total. The number of thioether (sulfide) groups is 1. The lowest BCUT2D eigenvalue weighted by Gasteiger charge is -2.35. The summed E-state index contributed by atoms with van der Waals surface area (Å²) in [7, 11) is 0. The number of amides is 1. The normalized spacial score (nSPS) is 16.1. The Hall–Kier alpha value is -2.37. The molecule has 150 valence electrons. The Morgan fingerprint density at radius 3 is 2.48 bits per heavy atom. The summed E-state index contributed by atoms with van der Waals surface area (Å²) in [6.45, 7) is 8.48. The van der Waals surface area contributed by atoms with E-state index >= 15 is 0 Å². The van der Waals surface area contributed by atoms with E-state index in [4.69, 9.17) is 4.98 Å². The van der Waals surface area contributed by atoms with E-state index < -0.39 is 0 Å². The van der Waals surface area contributed by atoms with Crippen molar-refractivity contribution in [1.29, 1.82) is 0 Å². The molecule has 1 aliphatic rings. The number of carbonyl (C=O) groups excluding carboxylic acids is 1. The smallest absolute Gasteiger partial charge is 0.235 e. The number of benzene rings is 2. The molecule has 0 aliphatic carbocycles. The summed E-state index contributed by atoms with van der Waals surface area (Å²) in [5.41, 5.74) is 3.52. The van der Waals surface area contributed by atoms with Gasteiger partial charge >= 0.3 is 0 Å². The second kappa shape index (κ2) is 8.97. The highest BCUT2D eigenvalue weighted by atomic mass is 32.2. The molecule has 4 rings (SSSR count). The summed E-state index contributed by atoms with van der Waals surface area (Å²) in [4.78, 5) is 22.2. The van der Waals surface area contributed by atoms with Gasteiger partial charge < -0.3 is 4.90 Å². The maximum atomic E-state index is 13.0. The molecule has 0 spiro atoms. The van der Waals surface area contributed by atoms with Gasteiger partial charge in [0.25, 0.3) is 0 Å². The molecule has 0 bridgehead atoms. The van der Waals surface area contributed by atoms with E-state index in [1.807, 2.05) is 36.1 Å². The molecule has 0 unspecified atom stereocenters. The molecule has 1 aromatic heterocycles. The lowest BCUT2D eigenvalue weighted by atomic mass is 10.1. The van der Waals surface area contributed by atoms with Crippen LogP contribution in [0, 0.1) is 6.92 Å². The third kappa shape index (κ3) is 4.80. The van der Waals surface area contributed by atoms with Crippen molar-refractivity contribution >= 4 is 28.6 Å². The highest BCUT2D eigenvalue weighted by Crippen LogP contribution is 2.27. The Kier molecular flexibility index (Phi) is 6.16. The molecule has 29 heavy (non-hydrogen) atoms. The van der Waals surface area contributed by atoms with Crippen LogP contribution in [0.5, 0.6) is 0 Å². The maximum absolute atomic E-state index is 13.0. The first-order valence-corrected chi connectivity index (χ1v) is 11.1. The summed E-state index contributed by atoms with van der Waals surface area (Å²) < 4.78 is 0. The van der Waals surface area contributed by atoms with Crippen molar-refractivity contribution in [2.45, 2.75) is 30.7 Å². The maximum Gasteiger partial charge on any atom is 0.235 e. The van der Waals surface area contributed by atoms with Crippen molar-refractivity contribution in [3.63, 3.8) is 0 Å². The lowest BCUT2D eigenvalue weighted by Crippen LogP contribution is -2.50. The number of rotatable bonds is 5. The minimum absolute atomic E-state index is 0.135. The molecule has 1 aliphatic heterocycles. The van der Waals surface area contributed by atoms with E-state index in [-0.39, 0.29) is 11.2 Å². The van der Waals surface area contributed by atoms with Gasteiger partial charge in [-0.3, -0.25) is 9.69 Å². The first-order valence-electron chi connectivity index (χ1n) is 10.2. The predicted octanol–water partition coefficient (Wildman–Crippen LogP) is 4.37. The second-order valence-corrected chi connectivity index (χ2v) is 9.00. The van der Waals surface area contributed by atoms with Crippen molar-refractivity contribution in [3.8, 4) is 0 Å². The summed E-state index contributed by atoms with van der Waals surface area (Å²) >= 11 is 1.56. The van der Waals surface area contributed by atoms with Gasteiger partial charge in [0.15, 0.2) is 0 Å². The quantitative estimate of drug-likeness (QED) is 0.591. The van der Waals surface area contributed by atoms with E-state index in [9.17, 15) is 4.79 Å². The summed E-state index contributed by atoms with van der Waals surface area (Å²) in [6, 6.07) is 20.8. The Bertz CT molecular complexity index is 984. The average Bonchev–Trinajstić information content (AvgIpc) is 2.74. The number of piperazine rings is 1. The number of fused-ring (bicyclic) bond motifs is 1. The van der Waals surface area contributed by atoms with E-state index in [1.54, 1.807) is 11.8 Å². The number of para-hydroxylation sites is 1. The average molecular weight is 406 g/mol. The number of aryl methyl sites for hydroxylation is 1. The highest BCUT2D eigenvalue weighted by molar-refractivity contribution is 8.00. The van der Waals surface area contributed by atoms with E-state index in [1.165, 1.54) is 16.5 Å². The molecule has 5 heteroatoms. The number of pyridine rings is 1. The topological polar surface area (TPSA) is 36.4 Å². The van der Waals surface area contributed by atoms with Gasteiger partial charge in [-0.2, -0.15) is 0 Å². The zero-order chi connectivity index (χ0) is 20.2. The van der Waals surface area contributed by atoms with Gasteiger partial charge in [-0.1, -0.05) is 60.3 Å². The molecule has 1 atom stereocenters. The number of hydrogen-bond donors (Lipinski definition) is 0. The van der Waals surface area contributed by atoms with E-state index in [0.29, 0.717) is 0 Å². The van der Waals surface area contributed by atoms with Crippen LogP contribution < -0.4 is 0 Å². The monoisotopic (exact) mass is 405 g/mol. The first kappa shape index (κ1) is 19.9. The summed E-state index contributed by atoms with van der Waals surface area (Å²) in [6.07, 6.45) is 0. The molecule has 1 fully saturated rings. The Labute approximate surface area is 176 Å². The van der Waals surface area contributed by atoms with Crippen LogP contribution in [0.1, 0.15) is 18.1 Å². The Balaban J connectivity index is 1.34. The molecular weight excluding hydrogens is 378 g/mol. The summed E-state index contributed by atoms with van der Waals surface area (Å²) in [5, 5.41) is 1.96. The van der Waals surface area contributed by atoms with Crippen molar-refractivity contribution < 1.29 is 4.79 Å². The molecule has 2 aromatic carbocycles. The number of hydrogen-bond acceptors (Lipinski definition) is 4. The number of nitrogens with zero attached hydrogens (tertiary/aromatic N) is 3. The van der Waals surface area contributed by atoms with Crippen LogP contribution in [0.15, 0.2) is 65.7 Å². The third-order valence-corrected chi connectivity index (χ3v) is 6.48. The first-order chi connectivity index (χ1) is 14.1. The predicted molar refractivity (Wildman–Crippen MR) is 120 cm³/mol. The summed E-state index contributed by atoms with van der Waals surface area (Å²) in [5.74, 6) is 0.210. The Morgan fingerprint density at radius 2 is 1.72 bits per heavy atom. The lowest BCUT2D eigenvalue weighted by molar-refractivity contribution is -0.132. The zero-order valence-corrected chi connectivity index (χ0v) is 17.9. The fourth-order valence-corrected chi connectivity index (χ4v) is 4.84. The van der Waals surface area contributed by atoms with Gasteiger partial charge in [-0.05, 0) is 37.1 Å². The second-order valence-electron chi connectivity index (χ2n) is 7.64. The van der Waals surface area contributed by atoms with E-state index in [2.05, 4.69) is 48.2 Å². The molecule has 1 amide bonds. The SMILES string of the molecule is Cc1cc(S[C@H](C)C(=O)N2CCN(Cc3ccccc3)CC2)nc2ccccc12. The van der Waals surface area contributed by atoms with Crippen LogP contribution in [-0.2, 0) is 11.3 Å². The van der Waals surface area contributed by atoms with Gasteiger partial charge in [-0.25, -0.2) is 4.98 Å². The molecular formula is C24H27N3OS. The minimum atomic E-state index is -0.135. The minimum Gasteiger partial charge on any atom is -0.339 e. The van der Waals surface area contributed by atoms with Crippen molar-refractivity contribution in [3.05, 3.63) is 71.8 Å². The van der Waals surface area contributed by atoms with E-state index in [0.717, 1.165) is 43.3 Å². The van der Waals surface area contributed by atoms with Crippen LogP contribution in [-0.4, -0.2) is 52.1 Å². The zero-order valence-electron chi connectivity index (χ0n) is 17.0. The molecule has 1 saturated heterocycles. The standard InChI is InChI=1S/C24H27N3OS/c1-18-16-23(25-22-11-7-6-10-21(18)22)29-19(2)24(28)27-14-12-26(13-15-27)17-20-8-4-3-5-9-20/h3-11,16,19H,12-15,17H2,1-2H3/t19-/m1/s1. The number of carbonyl (C=O) groups is 1. The van der Waals surface area contributed by atoms with Crippen molar-refractivity contribution in [2.75, 3.05) is 26.2 Å². The van der Waals surface area contributed by atoms with Gasteiger partial charge in [0.1, 0.15) is 0 Å². The van der Waals surface area contributed by atoms with Gasteiger partial charge in [0.2, 0.25) is 5.91 Å². The van der Waals surface area contributed by atoms with Gasteiger partial charge in [0, 0.05) is 38.1 Å². The van der Waals surface area contributed by atoms with Crippen LogP contribution in [0.25, 0.3) is 10.9 Å². The highest BCUT2D eigenvalue weighted by Gasteiger charge is 2.26. The molecule has 3 aromatic rings. The largest absolute Gasteiger partial charge is 0.339 e. The van der Waals surface area contributed by atoms with Crippen molar-refractivity contribution in [1.82, 2.24) is 14.8 Å². The molecule has 0 saturated carbocycles. The Morgan fingerprint density at radius 1 is 1.03 bits per heavy atom. The molecule has 4 nitrogen and oxygen atoms in total. The molecule has 0 radical (unpaired) electrons. The van der Waals surface area contributed by atoms with Crippen LogP contribution in [0.4, 0.5) is 0 Å². The third-order valence-electron chi connectivity index (χ3n) is 5.48. The van der Waals surface area contributed by atoms with Crippen LogP contribution in [0.3, 0.4) is 0 Å². The van der Waals surface area contributed by atoms with Gasteiger partial charge in [0.05, 0.1) is 15.8 Å². The fourth-order valence-electron chi connectivity index (χ4n) is 3.84. The van der Waals surface area contributed by atoms with Crippen LogP contribution in [0.2, 0.25) is 0 Å². The van der Waals surface area contributed by atoms with Crippen LogP contribution >= 0.6 is 11.8 Å².